The predicted octanol–water partition coefficient (Wildman–Crippen LogP) is 4.79. The molecule has 0 spiro atoms. The van der Waals surface area contributed by atoms with Gasteiger partial charge in [-0.3, -0.25) is 9.78 Å². The van der Waals surface area contributed by atoms with E-state index in [0.29, 0.717) is 24.6 Å². The van der Waals surface area contributed by atoms with Crippen molar-refractivity contribution < 1.29 is 9.53 Å². The maximum atomic E-state index is 12.6. The molecule has 0 radical (unpaired) electrons. The molecule has 1 aromatic carbocycles. The van der Waals surface area contributed by atoms with E-state index in [1.165, 1.54) is 0 Å². The van der Waals surface area contributed by atoms with Crippen LogP contribution < -0.4 is 10.1 Å². The molecule has 3 aromatic rings. The molecule has 0 aliphatic carbocycles. The average molecular weight is 396 g/mol. The number of hydrogen-bond donors (Lipinski definition) is 1. The van der Waals surface area contributed by atoms with E-state index < -0.39 is 0 Å². The first-order chi connectivity index (χ1) is 13.4. The Balaban J connectivity index is 1.64. The van der Waals surface area contributed by atoms with Gasteiger partial charge in [0.15, 0.2) is 0 Å². The molecule has 146 valence electrons. The van der Waals surface area contributed by atoms with Gasteiger partial charge in [0.1, 0.15) is 12.4 Å². The number of thiazole rings is 1. The second kappa shape index (κ2) is 8.97. The van der Waals surface area contributed by atoms with Gasteiger partial charge in [0.25, 0.3) is 5.91 Å². The number of carbonyl (C=O) groups excluding carboxylic acids is 1. The molecular weight excluding hydrogens is 370 g/mol. The molecule has 0 bridgehead atoms. The monoisotopic (exact) mass is 395 g/mol. The normalized spacial score (nSPS) is 10.9. The Hall–Kier alpha value is -2.73. The molecule has 28 heavy (non-hydrogen) atoms. The zero-order valence-corrected chi connectivity index (χ0v) is 17.5. The second-order valence-electron chi connectivity index (χ2n) is 7.10. The summed E-state index contributed by atoms with van der Waals surface area (Å²) >= 11 is 1.63. The van der Waals surface area contributed by atoms with E-state index in [-0.39, 0.29) is 5.91 Å². The molecule has 0 saturated carbocycles. The highest BCUT2D eigenvalue weighted by Crippen LogP contribution is 2.26. The van der Waals surface area contributed by atoms with Crippen molar-refractivity contribution in [2.75, 3.05) is 0 Å². The maximum absolute atomic E-state index is 12.6. The fourth-order valence-corrected chi connectivity index (χ4v) is 3.72. The molecule has 0 atom stereocenters. The summed E-state index contributed by atoms with van der Waals surface area (Å²) in [5.41, 5.74) is 4.40. The number of carbonyl (C=O) groups is 1. The molecule has 1 N–H and O–H groups in total. The van der Waals surface area contributed by atoms with Crippen LogP contribution in [0.4, 0.5) is 0 Å². The quantitative estimate of drug-likeness (QED) is 0.625. The van der Waals surface area contributed by atoms with Crippen LogP contribution in [0.25, 0.3) is 0 Å². The Morgan fingerprint density at radius 1 is 1.25 bits per heavy atom. The summed E-state index contributed by atoms with van der Waals surface area (Å²) in [6.07, 6.45) is 3.53. The molecule has 0 fully saturated rings. The first kappa shape index (κ1) is 20.0. The van der Waals surface area contributed by atoms with Gasteiger partial charge in [-0.05, 0) is 43.2 Å². The van der Waals surface area contributed by atoms with Crippen LogP contribution in [0, 0.1) is 13.8 Å². The lowest BCUT2D eigenvalue weighted by molar-refractivity contribution is 0.0950. The van der Waals surface area contributed by atoms with Crippen LogP contribution in [0.2, 0.25) is 0 Å². The number of benzene rings is 1. The van der Waals surface area contributed by atoms with E-state index in [2.05, 4.69) is 29.1 Å². The Labute approximate surface area is 169 Å². The highest BCUT2D eigenvalue weighted by Gasteiger charge is 2.13. The zero-order chi connectivity index (χ0) is 20.1. The third-order valence-corrected chi connectivity index (χ3v) is 5.52. The average Bonchev–Trinajstić information content (AvgIpc) is 3.15. The van der Waals surface area contributed by atoms with E-state index in [4.69, 9.17) is 4.74 Å². The minimum absolute atomic E-state index is 0.107. The second-order valence-corrected chi connectivity index (χ2v) is 7.99. The van der Waals surface area contributed by atoms with Gasteiger partial charge in [-0.15, -0.1) is 11.3 Å². The van der Waals surface area contributed by atoms with Crippen LogP contribution in [0.15, 0.2) is 42.0 Å². The maximum Gasteiger partial charge on any atom is 0.251 e. The lowest BCUT2D eigenvalue weighted by atomic mass is 10.0. The molecular formula is C22H25N3O2S. The summed E-state index contributed by atoms with van der Waals surface area (Å²) in [6.45, 7) is 9.02. The fraction of sp³-hybridized carbons (Fsp3) is 0.318. The standard InChI is InChI=1S/C22H25N3O2S/c1-14(2)22-25-19(13-28-22)11-24-21(26)18-8-15(3)20(16(4)9-18)27-12-17-6-5-7-23-10-17/h5-10,13-14H,11-12H2,1-4H3,(H,24,26). The Bertz CT molecular complexity index is 928. The van der Waals surface area contributed by atoms with Crippen LogP contribution >= 0.6 is 11.3 Å². The Morgan fingerprint density at radius 2 is 2.00 bits per heavy atom. The Morgan fingerprint density at radius 3 is 2.61 bits per heavy atom. The molecule has 0 unspecified atom stereocenters. The largest absolute Gasteiger partial charge is 0.488 e. The minimum atomic E-state index is -0.107. The number of aryl methyl sites for hydroxylation is 2. The van der Waals surface area contributed by atoms with Gasteiger partial charge in [-0.2, -0.15) is 0 Å². The van der Waals surface area contributed by atoms with Crippen LogP contribution in [0.3, 0.4) is 0 Å². The van der Waals surface area contributed by atoms with Gasteiger partial charge in [0.2, 0.25) is 0 Å². The number of hydrogen-bond acceptors (Lipinski definition) is 5. The fourth-order valence-electron chi connectivity index (χ4n) is 2.89. The number of ether oxygens (including phenoxy) is 1. The van der Waals surface area contributed by atoms with Gasteiger partial charge in [0, 0.05) is 34.8 Å². The first-order valence-corrected chi connectivity index (χ1v) is 10.2. The van der Waals surface area contributed by atoms with E-state index in [9.17, 15) is 4.79 Å². The molecule has 1 amide bonds. The van der Waals surface area contributed by atoms with Crippen LogP contribution in [0.5, 0.6) is 5.75 Å². The van der Waals surface area contributed by atoms with E-state index >= 15 is 0 Å². The van der Waals surface area contributed by atoms with Crippen LogP contribution in [0.1, 0.15) is 57.5 Å². The number of nitrogens with one attached hydrogen (secondary N) is 1. The van der Waals surface area contributed by atoms with Crippen molar-refractivity contribution in [3.63, 3.8) is 0 Å². The third-order valence-electron chi connectivity index (χ3n) is 4.32. The zero-order valence-electron chi connectivity index (χ0n) is 16.7. The van der Waals surface area contributed by atoms with Crippen LogP contribution in [-0.4, -0.2) is 15.9 Å². The summed E-state index contributed by atoms with van der Waals surface area (Å²) < 4.78 is 5.96. The van der Waals surface area contributed by atoms with Crippen molar-refractivity contribution in [2.45, 2.75) is 46.8 Å². The topological polar surface area (TPSA) is 64.1 Å². The van der Waals surface area contributed by atoms with Gasteiger partial charge in [0.05, 0.1) is 17.2 Å². The minimum Gasteiger partial charge on any atom is -0.488 e. The van der Waals surface area contributed by atoms with Crippen molar-refractivity contribution >= 4 is 17.2 Å². The smallest absolute Gasteiger partial charge is 0.251 e. The highest BCUT2D eigenvalue weighted by molar-refractivity contribution is 7.09. The molecule has 0 aliphatic rings. The van der Waals surface area contributed by atoms with E-state index in [1.54, 1.807) is 23.7 Å². The lowest BCUT2D eigenvalue weighted by Gasteiger charge is -2.14. The van der Waals surface area contributed by atoms with Crippen molar-refractivity contribution in [1.82, 2.24) is 15.3 Å². The van der Waals surface area contributed by atoms with Crippen molar-refractivity contribution in [2.24, 2.45) is 0 Å². The molecule has 3 rings (SSSR count). The highest BCUT2D eigenvalue weighted by atomic mass is 32.1. The number of amides is 1. The predicted molar refractivity (Wildman–Crippen MR) is 112 cm³/mol. The Kier molecular flexibility index (Phi) is 6.41. The summed E-state index contributed by atoms with van der Waals surface area (Å²) in [5, 5.41) is 6.05. The third kappa shape index (κ3) is 4.95. The summed E-state index contributed by atoms with van der Waals surface area (Å²) in [4.78, 5) is 21.2. The molecule has 0 aliphatic heterocycles. The van der Waals surface area contributed by atoms with Gasteiger partial charge in [-0.25, -0.2) is 4.98 Å². The van der Waals surface area contributed by atoms with Crippen molar-refractivity contribution in [3.05, 3.63) is 75.0 Å². The van der Waals surface area contributed by atoms with Crippen molar-refractivity contribution in [1.29, 1.82) is 0 Å². The number of nitrogens with zero attached hydrogens (tertiary/aromatic N) is 2. The van der Waals surface area contributed by atoms with Gasteiger partial charge < -0.3 is 10.1 Å². The van der Waals surface area contributed by atoms with E-state index in [0.717, 1.165) is 33.1 Å². The molecule has 6 heteroatoms. The summed E-state index contributed by atoms with van der Waals surface area (Å²) in [7, 11) is 0. The van der Waals surface area contributed by atoms with E-state index in [1.807, 2.05) is 43.5 Å². The van der Waals surface area contributed by atoms with Crippen LogP contribution in [-0.2, 0) is 13.2 Å². The molecule has 5 nitrogen and oxygen atoms in total. The van der Waals surface area contributed by atoms with Gasteiger partial charge >= 0.3 is 0 Å². The summed E-state index contributed by atoms with van der Waals surface area (Å²) in [5.74, 6) is 1.10. The molecule has 2 heterocycles. The SMILES string of the molecule is Cc1cc(C(=O)NCc2csc(C(C)C)n2)cc(C)c1OCc1cccnc1. The van der Waals surface area contributed by atoms with Crippen molar-refractivity contribution in [3.8, 4) is 5.75 Å². The summed E-state index contributed by atoms with van der Waals surface area (Å²) in [6, 6.07) is 7.59. The molecule has 2 aromatic heterocycles. The first-order valence-electron chi connectivity index (χ1n) is 9.29. The number of aromatic nitrogens is 2. The van der Waals surface area contributed by atoms with Gasteiger partial charge in [-0.1, -0.05) is 19.9 Å². The number of pyridine rings is 1. The lowest BCUT2D eigenvalue weighted by Crippen LogP contribution is -2.23. The number of rotatable bonds is 7. The molecule has 0 saturated heterocycles.